The molecular formula is C12H18N2O4S. The number of rotatable bonds is 5. The van der Waals surface area contributed by atoms with E-state index in [0.717, 1.165) is 12.8 Å². The number of aromatic amines is 1. The summed E-state index contributed by atoms with van der Waals surface area (Å²) in [6.45, 7) is 0.928. The number of carboxylic acids is 1. The molecule has 19 heavy (non-hydrogen) atoms. The highest BCUT2D eigenvalue weighted by Gasteiger charge is 2.30. The van der Waals surface area contributed by atoms with Gasteiger partial charge in [-0.3, -0.25) is 4.79 Å². The largest absolute Gasteiger partial charge is 0.481 e. The van der Waals surface area contributed by atoms with Crippen LogP contribution in [0.3, 0.4) is 0 Å². The van der Waals surface area contributed by atoms with E-state index < -0.39 is 16.0 Å². The first-order valence-electron chi connectivity index (χ1n) is 6.35. The van der Waals surface area contributed by atoms with Crippen molar-refractivity contribution in [3.05, 3.63) is 18.5 Å². The second-order valence-electron chi connectivity index (χ2n) is 4.85. The van der Waals surface area contributed by atoms with Gasteiger partial charge in [0.1, 0.15) is 0 Å². The predicted octanol–water partition coefficient (Wildman–Crippen LogP) is 1.28. The van der Waals surface area contributed by atoms with Crippen molar-refractivity contribution in [2.75, 3.05) is 13.1 Å². The molecule has 1 aliphatic heterocycles. The first-order valence-corrected chi connectivity index (χ1v) is 7.79. The summed E-state index contributed by atoms with van der Waals surface area (Å²) in [6, 6.07) is 1.54. The highest BCUT2D eigenvalue weighted by Crippen LogP contribution is 2.25. The summed E-state index contributed by atoms with van der Waals surface area (Å²) >= 11 is 0. The minimum Gasteiger partial charge on any atom is -0.481 e. The van der Waals surface area contributed by atoms with Gasteiger partial charge in [-0.05, 0) is 31.2 Å². The van der Waals surface area contributed by atoms with Crippen LogP contribution in [0, 0.1) is 5.92 Å². The summed E-state index contributed by atoms with van der Waals surface area (Å²) in [5.41, 5.74) is 0. The zero-order valence-corrected chi connectivity index (χ0v) is 11.4. The number of aromatic nitrogens is 1. The normalized spacial score (nSPS) is 21.4. The molecule has 2 rings (SSSR count). The van der Waals surface area contributed by atoms with Gasteiger partial charge in [0.25, 0.3) is 0 Å². The van der Waals surface area contributed by atoms with E-state index >= 15 is 0 Å². The molecule has 2 N–H and O–H groups in total. The SMILES string of the molecule is O=C(O)CCC1CCCN(S(=O)(=O)c2cc[nH]c2)C1. The van der Waals surface area contributed by atoms with Crippen molar-refractivity contribution >= 4 is 16.0 Å². The minimum atomic E-state index is -3.44. The number of piperidine rings is 1. The highest BCUT2D eigenvalue weighted by molar-refractivity contribution is 7.89. The van der Waals surface area contributed by atoms with E-state index in [1.807, 2.05) is 0 Å². The van der Waals surface area contributed by atoms with E-state index in [4.69, 9.17) is 5.11 Å². The lowest BCUT2D eigenvalue weighted by Gasteiger charge is -2.31. The molecule has 2 heterocycles. The van der Waals surface area contributed by atoms with Crippen LogP contribution in [0.1, 0.15) is 25.7 Å². The molecular weight excluding hydrogens is 268 g/mol. The molecule has 0 aromatic carbocycles. The van der Waals surface area contributed by atoms with Gasteiger partial charge in [0.15, 0.2) is 0 Å². The third-order valence-electron chi connectivity index (χ3n) is 3.46. The molecule has 0 bridgehead atoms. The second kappa shape index (κ2) is 5.75. The van der Waals surface area contributed by atoms with E-state index in [1.54, 1.807) is 6.20 Å². The molecule has 1 aromatic rings. The van der Waals surface area contributed by atoms with E-state index in [9.17, 15) is 13.2 Å². The molecule has 1 aromatic heterocycles. The van der Waals surface area contributed by atoms with Gasteiger partial charge in [-0.25, -0.2) is 8.42 Å². The first-order chi connectivity index (χ1) is 9.00. The van der Waals surface area contributed by atoms with E-state index in [-0.39, 0.29) is 17.2 Å². The quantitative estimate of drug-likeness (QED) is 0.853. The number of H-pyrrole nitrogens is 1. The Morgan fingerprint density at radius 3 is 2.95 bits per heavy atom. The minimum absolute atomic E-state index is 0.0999. The van der Waals surface area contributed by atoms with Gasteiger partial charge in [0.05, 0.1) is 4.90 Å². The third-order valence-corrected chi connectivity index (χ3v) is 5.32. The number of nitrogens with zero attached hydrogens (tertiary/aromatic N) is 1. The summed E-state index contributed by atoms with van der Waals surface area (Å²) < 4.78 is 26.1. The molecule has 0 aliphatic carbocycles. The molecule has 0 radical (unpaired) electrons. The Hall–Kier alpha value is -1.34. The fourth-order valence-corrected chi connectivity index (χ4v) is 3.96. The molecule has 0 saturated carbocycles. The fourth-order valence-electron chi connectivity index (χ4n) is 2.43. The Kier molecular flexibility index (Phi) is 4.26. The van der Waals surface area contributed by atoms with E-state index in [0.29, 0.717) is 19.5 Å². The number of hydrogen-bond acceptors (Lipinski definition) is 3. The Morgan fingerprint density at radius 2 is 2.32 bits per heavy atom. The molecule has 7 heteroatoms. The lowest BCUT2D eigenvalue weighted by molar-refractivity contribution is -0.137. The van der Waals surface area contributed by atoms with Crippen LogP contribution in [0.15, 0.2) is 23.4 Å². The summed E-state index contributed by atoms with van der Waals surface area (Å²) in [5.74, 6) is -0.691. The van der Waals surface area contributed by atoms with Crippen molar-refractivity contribution in [2.45, 2.75) is 30.6 Å². The standard InChI is InChI=1S/C12H18N2O4S/c15-12(16)4-3-10-2-1-7-14(9-10)19(17,18)11-5-6-13-8-11/h5-6,8,10,13H,1-4,7,9H2,(H,15,16). The lowest BCUT2D eigenvalue weighted by atomic mass is 9.95. The number of sulfonamides is 1. The van der Waals surface area contributed by atoms with Crippen LogP contribution in [0.4, 0.5) is 0 Å². The number of aliphatic carboxylic acids is 1. The first kappa shape index (κ1) is 14.1. The van der Waals surface area contributed by atoms with E-state index in [2.05, 4.69) is 4.98 Å². The van der Waals surface area contributed by atoms with Crippen molar-refractivity contribution in [2.24, 2.45) is 5.92 Å². The predicted molar refractivity (Wildman–Crippen MR) is 69.1 cm³/mol. The van der Waals surface area contributed by atoms with Crippen LogP contribution in [0.5, 0.6) is 0 Å². The van der Waals surface area contributed by atoms with Gasteiger partial charge in [-0.2, -0.15) is 4.31 Å². The molecule has 0 spiro atoms. The summed E-state index contributed by atoms with van der Waals surface area (Å²) in [7, 11) is -3.44. The van der Waals surface area contributed by atoms with Crippen molar-refractivity contribution in [1.82, 2.24) is 9.29 Å². The van der Waals surface area contributed by atoms with Gasteiger partial charge in [-0.1, -0.05) is 0 Å². The summed E-state index contributed by atoms with van der Waals surface area (Å²) in [5, 5.41) is 8.68. The molecule has 1 fully saturated rings. The van der Waals surface area contributed by atoms with Crippen molar-refractivity contribution < 1.29 is 18.3 Å². The van der Waals surface area contributed by atoms with Crippen LogP contribution in [0.25, 0.3) is 0 Å². The summed E-state index contributed by atoms with van der Waals surface area (Å²) in [4.78, 5) is 13.6. The average Bonchev–Trinajstić information content (AvgIpc) is 2.91. The second-order valence-corrected chi connectivity index (χ2v) is 6.79. The zero-order chi connectivity index (χ0) is 13.9. The van der Waals surface area contributed by atoms with Crippen LogP contribution >= 0.6 is 0 Å². The Labute approximate surface area is 112 Å². The maximum atomic E-state index is 12.3. The number of carbonyl (C=O) groups is 1. The van der Waals surface area contributed by atoms with Gasteiger partial charge in [0, 0.05) is 31.9 Å². The third kappa shape index (κ3) is 3.36. The van der Waals surface area contributed by atoms with Crippen molar-refractivity contribution in [1.29, 1.82) is 0 Å². The highest BCUT2D eigenvalue weighted by atomic mass is 32.2. The molecule has 1 aliphatic rings. The maximum absolute atomic E-state index is 12.3. The van der Waals surface area contributed by atoms with Gasteiger partial charge < -0.3 is 10.1 Å². The van der Waals surface area contributed by atoms with Gasteiger partial charge >= 0.3 is 5.97 Å². The monoisotopic (exact) mass is 286 g/mol. The lowest BCUT2D eigenvalue weighted by Crippen LogP contribution is -2.39. The Bertz CT molecular complexity index is 524. The van der Waals surface area contributed by atoms with Gasteiger partial charge in [-0.15, -0.1) is 0 Å². The summed E-state index contributed by atoms with van der Waals surface area (Å²) in [6.07, 6.45) is 5.37. The fraction of sp³-hybridized carbons (Fsp3) is 0.583. The number of carboxylic acid groups (broad SMARTS) is 1. The van der Waals surface area contributed by atoms with Crippen LogP contribution < -0.4 is 0 Å². The molecule has 1 atom stereocenters. The van der Waals surface area contributed by atoms with Gasteiger partial charge in [0.2, 0.25) is 10.0 Å². The Balaban J connectivity index is 2.03. The molecule has 6 nitrogen and oxygen atoms in total. The molecule has 106 valence electrons. The number of nitrogens with one attached hydrogen (secondary N) is 1. The van der Waals surface area contributed by atoms with Crippen LogP contribution in [0.2, 0.25) is 0 Å². The molecule has 1 unspecified atom stereocenters. The maximum Gasteiger partial charge on any atom is 0.303 e. The van der Waals surface area contributed by atoms with Crippen LogP contribution in [-0.4, -0.2) is 41.9 Å². The molecule has 1 saturated heterocycles. The topological polar surface area (TPSA) is 90.5 Å². The number of hydrogen-bond donors (Lipinski definition) is 2. The average molecular weight is 286 g/mol. The van der Waals surface area contributed by atoms with Crippen molar-refractivity contribution in [3.8, 4) is 0 Å². The van der Waals surface area contributed by atoms with Crippen LogP contribution in [-0.2, 0) is 14.8 Å². The Morgan fingerprint density at radius 1 is 1.53 bits per heavy atom. The van der Waals surface area contributed by atoms with Crippen molar-refractivity contribution in [3.63, 3.8) is 0 Å². The zero-order valence-electron chi connectivity index (χ0n) is 10.6. The van der Waals surface area contributed by atoms with E-state index in [1.165, 1.54) is 16.6 Å². The molecule has 0 amide bonds. The smallest absolute Gasteiger partial charge is 0.303 e.